The zero-order valence-electron chi connectivity index (χ0n) is 12.7. The second-order valence-corrected chi connectivity index (χ2v) is 7.27. The molecule has 2 aromatic rings. The third-order valence-electron chi connectivity index (χ3n) is 5.10. The van der Waals surface area contributed by atoms with E-state index in [1.807, 2.05) is 22.8 Å². The van der Waals surface area contributed by atoms with Crippen LogP contribution in [0.1, 0.15) is 56.6 Å². The van der Waals surface area contributed by atoms with Gasteiger partial charge in [0.15, 0.2) is 0 Å². The molecule has 0 amide bonds. The zero-order valence-corrected chi connectivity index (χ0v) is 13.5. The van der Waals surface area contributed by atoms with Crippen molar-refractivity contribution in [3.05, 3.63) is 39.4 Å². The summed E-state index contributed by atoms with van der Waals surface area (Å²) in [5, 5.41) is 1.81. The number of rotatable bonds is 3. The molecular formula is C18H21ClN2O. The highest BCUT2D eigenvalue weighted by Crippen LogP contribution is 2.36. The predicted octanol–water partition coefficient (Wildman–Crippen LogP) is 4.51. The Balaban J connectivity index is 1.88. The lowest BCUT2D eigenvalue weighted by atomic mass is 9.85. The molecule has 2 saturated carbocycles. The van der Waals surface area contributed by atoms with Gasteiger partial charge in [0, 0.05) is 22.9 Å². The Hall–Kier alpha value is -1.35. The number of fused-ring (bicyclic) bond motifs is 1. The molecule has 1 heterocycles. The van der Waals surface area contributed by atoms with Crippen LogP contribution in [0.3, 0.4) is 0 Å². The summed E-state index contributed by atoms with van der Waals surface area (Å²) in [5.41, 5.74) is 1.91. The van der Waals surface area contributed by atoms with Gasteiger partial charge < -0.3 is 0 Å². The summed E-state index contributed by atoms with van der Waals surface area (Å²) in [6.07, 6.45) is 8.51. The van der Waals surface area contributed by atoms with E-state index in [0.717, 1.165) is 41.0 Å². The van der Waals surface area contributed by atoms with Crippen LogP contribution in [0.25, 0.3) is 10.9 Å². The lowest BCUT2D eigenvalue weighted by molar-refractivity contribution is 0.436. The van der Waals surface area contributed by atoms with Crippen molar-refractivity contribution in [2.24, 2.45) is 5.92 Å². The van der Waals surface area contributed by atoms with Crippen molar-refractivity contribution in [2.45, 2.75) is 57.4 Å². The molecule has 3 nitrogen and oxygen atoms in total. The summed E-state index contributed by atoms with van der Waals surface area (Å²) >= 11 is 6.22. The Bertz CT molecular complexity index is 758. The van der Waals surface area contributed by atoms with E-state index in [9.17, 15) is 4.79 Å². The molecule has 0 atom stereocenters. The zero-order chi connectivity index (χ0) is 15.1. The topological polar surface area (TPSA) is 34.9 Å². The van der Waals surface area contributed by atoms with E-state index in [1.165, 1.54) is 32.1 Å². The number of hydrogen-bond donors (Lipinski definition) is 0. The first-order chi connectivity index (χ1) is 10.7. The third kappa shape index (κ3) is 2.67. The smallest absolute Gasteiger partial charge is 0.292 e. The molecule has 0 aliphatic heterocycles. The molecule has 4 heteroatoms. The Kier molecular flexibility index (Phi) is 3.69. The van der Waals surface area contributed by atoms with Gasteiger partial charge in [-0.15, -0.1) is 0 Å². The Morgan fingerprint density at radius 1 is 1.14 bits per heavy atom. The maximum Gasteiger partial charge on any atom is 0.348 e. The van der Waals surface area contributed by atoms with E-state index >= 15 is 0 Å². The second-order valence-electron chi connectivity index (χ2n) is 6.83. The molecule has 0 saturated heterocycles. The molecule has 2 fully saturated rings. The second kappa shape index (κ2) is 5.69. The Morgan fingerprint density at radius 3 is 2.64 bits per heavy atom. The SMILES string of the molecule is O=c1nc(C2CCCCC2)c2cc(Cl)ccc2n1CC1CC1. The van der Waals surface area contributed by atoms with Gasteiger partial charge in [-0.1, -0.05) is 30.9 Å². The largest absolute Gasteiger partial charge is 0.348 e. The van der Waals surface area contributed by atoms with Crippen molar-refractivity contribution in [3.8, 4) is 0 Å². The van der Waals surface area contributed by atoms with E-state index in [4.69, 9.17) is 11.6 Å². The first-order valence-corrected chi connectivity index (χ1v) is 8.80. The fourth-order valence-corrected chi connectivity index (χ4v) is 3.87. The average Bonchev–Trinajstić information content (AvgIpc) is 3.35. The van der Waals surface area contributed by atoms with E-state index in [2.05, 4.69) is 4.98 Å². The van der Waals surface area contributed by atoms with E-state index in [1.54, 1.807) is 0 Å². The maximum absolute atomic E-state index is 12.6. The van der Waals surface area contributed by atoms with Crippen molar-refractivity contribution in [3.63, 3.8) is 0 Å². The van der Waals surface area contributed by atoms with Gasteiger partial charge in [0.05, 0.1) is 11.2 Å². The fraction of sp³-hybridized carbons (Fsp3) is 0.556. The summed E-state index contributed by atoms with van der Waals surface area (Å²) in [7, 11) is 0. The van der Waals surface area contributed by atoms with Gasteiger partial charge >= 0.3 is 5.69 Å². The first-order valence-electron chi connectivity index (χ1n) is 8.42. The van der Waals surface area contributed by atoms with Crippen LogP contribution in [0.5, 0.6) is 0 Å². The summed E-state index contributed by atoms with van der Waals surface area (Å²) in [6.45, 7) is 0.801. The molecular weight excluding hydrogens is 296 g/mol. The minimum absolute atomic E-state index is 0.0812. The van der Waals surface area contributed by atoms with Crippen molar-refractivity contribution in [1.29, 1.82) is 0 Å². The molecule has 0 bridgehead atoms. The lowest BCUT2D eigenvalue weighted by Crippen LogP contribution is -2.27. The third-order valence-corrected chi connectivity index (χ3v) is 5.34. The monoisotopic (exact) mass is 316 g/mol. The van der Waals surface area contributed by atoms with Gasteiger partial charge in [0.25, 0.3) is 0 Å². The highest BCUT2D eigenvalue weighted by Gasteiger charge is 2.25. The van der Waals surface area contributed by atoms with Crippen molar-refractivity contribution < 1.29 is 0 Å². The van der Waals surface area contributed by atoms with Crippen LogP contribution in [0, 0.1) is 5.92 Å². The summed E-state index contributed by atoms with van der Waals surface area (Å²) < 4.78 is 1.86. The summed E-state index contributed by atoms with van der Waals surface area (Å²) in [6, 6.07) is 5.88. The van der Waals surface area contributed by atoms with Crippen LogP contribution in [0.15, 0.2) is 23.0 Å². The van der Waals surface area contributed by atoms with Crippen LogP contribution in [-0.4, -0.2) is 9.55 Å². The van der Waals surface area contributed by atoms with Gasteiger partial charge in [-0.3, -0.25) is 4.57 Å². The summed E-state index contributed by atoms with van der Waals surface area (Å²) in [4.78, 5) is 17.1. The molecule has 2 aliphatic carbocycles. The molecule has 1 aromatic carbocycles. The summed E-state index contributed by atoms with van der Waals surface area (Å²) in [5.74, 6) is 1.07. The molecule has 0 radical (unpaired) electrons. The highest BCUT2D eigenvalue weighted by atomic mass is 35.5. The normalized spacial score (nSPS) is 19.7. The van der Waals surface area contributed by atoms with Crippen LogP contribution in [0.4, 0.5) is 0 Å². The molecule has 0 N–H and O–H groups in total. The number of nitrogens with zero attached hydrogens (tertiary/aromatic N) is 2. The van der Waals surface area contributed by atoms with Gasteiger partial charge in [-0.05, 0) is 49.8 Å². The van der Waals surface area contributed by atoms with Crippen molar-refractivity contribution >= 4 is 22.5 Å². The number of benzene rings is 1. The van der Waals surface area contributed by atoms with Gasteiger partial charge in [-0.25, -0.2) is 4.79 Å². The van der Waals surface area contributed by atoms with Crippen LogP contribution in [-0.2, 0) is 6.54 Å². The highest BCUT2D eigenvalue weighted by molar-refractivity contribution is 6.31. The molecule has 0 spiro atoms. The molecule has 1 aromatic heterocycles. The van der Waals surface area contributed by atoms with E-state index < -0.39 is 0 Å². The van der Waals surface area contributed by atoms with Gasteiger partial charge in [-0.2, -0.15) is 4.98 Å². The maximum atomic E-state index is 12.6. The lowest BCUT2D eigenvalue weighted by Gasteiger charge is -2.23. The van der Waals surface area contributed by atoms with Gasteiger partial charge in [0.1, 0.15) is 0 Å². The molecule has 4 rings (SSSR count). The molecule has 22 heavy (non-hydrogen) atoms. The van der Waals surface area contributed by atoms with E-state index in [-0.39, 0.29) is 5.69 Å². The average molecular weight is 317 g/mol. The fourth-order valence-electron chi connectivity index (χ4n) is 3.70. The Morgan fingerprint density at radius 2 is 1.91 bits per heavy atom. The van der Waals surface area contributed by atoms with Crippen LogP contribution in [0.2, 0.25) is 5.02 Å². The number of hydrogen-bond acceptors (Lipinski definition) is 2. The molecule has 0 unspecified atom stereocenters. The number of halogens is 1. The molecule has 2 aliphatic rings. The quantitative estimate of drug-likeness (QED) is 0.835. The van der Waals surface area contributed by atoms with Crippen LogP contribution >= 0.6 is 11.6 Å². The Labute approximate surface area is 135 Å². The van der Waals surface area contributed by atoms with Crippen molar-refractivity contribution in [2.75, 3.05) is 0 Å². The standard InChI is InChI=1S/C18H21ClN2O/c19-14-8-9-16-15(10-14)17(13-4-2-1-3-5-13)20-18(22)21(16)11-12-6-7-12/h8-10,12-13H,1-7,11H2. The number of aromatic nitrogens is 2. The first kappa shape index (κ1) is 14.3. The molecule has 116 valence electrons. The van der Waals surface area contributed by atoms with Crippen LogP contribution < -0.4 is 5.69 Å². The minimum Gasteiger partial charge on any atom is -0.292 e. The van der Waals surface area contributed by atoms with Crippen molar-refractivity contribution in [1.82, 2.24) is 9.55 Å². The van der Waals surface area contributed by atoms with Gasteiger partial charge in [0.2, 0.25) is 0 Å². The van der Waals surface area contributed by atoms with E-state index in [0.29, 0.717) is 11.8 Å². The predicted molar refractivity (Wildman–Crippen MR) is 89.6 cm³/mol. The minimum atomic E-state index is -0.0812.